The Hall–Kier alpha value is -0.780. The zero-order valence-corrected chi connectivity index (χ0v) is 9.97. The molecule has 0 amide bonds. The van der Waals surface area contributed by atoms with Crippen molar-refractivity contribution in [1.82, 2.24) is 4.90 Å². The molecule has 0 spiro atoms. The Balaban J connectivity index is 4.47. The van der Waals surface area contributed by atoms with Crippen LogP contribution in [0.3, 0.4) is 0 Å². The number of halogens is 3. The third kappa shape index (κ3) is 5.95. The fraction of sp³-hybridized carbons (Fsp3) is 0.900. The molecular weight excluding hydrogens is 223 g/mol. The molecule has 0 aromatic heterocycles. The molecule has 0 heterocycles. The summed E-state index contributed by atoms with van der Waals surface area (Å²) in [6.45, 7) is 3.91. The lowest BCUT2D eigenvalue weighted by molar-refractivity contribution is -0.159. The molecule has 1 unspecified atom stereocenters. The Morgan fingerprint density at radius 3 is 2.12 bits per heavy atom. The van der Waals surface area contributed by atoms with Crippen LogP contribution in [0.5, 0.6) is 0 Å². The van der Waals surface area contributed by atoms with Crippen LogP contribution >= 0.6 is 0 Å². The van der Waals surface area contributed by atoms with E-state index < -0.39 is 24.7 Å². The van der Waals surface area contributed by atoms with Gasteiger partial charge in [0.25, 0.3) is 0 Å². The molecule has 0 fully saturated rings. The summed E-state index contributed by atoms with van der Waals surface area (Å²) in [5.74, 6) is -0.500. The average Bonchev–Trinajstić information content (AvgIpc) is 2.12. The molecule has 3 nitrogen and oxygen atoms in total. The summed E-state index contributed by atoms with van der Waals surface area (Å²) >= 11 is 0. The smallest absolute Gasteiger partial charge is 0.401 e. The van der Waals surface area contributed by atoms with Crippen molar-refractivity contribution < 1.29 is 22.7 Å². The molecule has 0 rings (SSSR count). The second-order valence-electron chi connectivity index (χ2n) is 4.01. The van der Waals surface area contributed by atoms with Gasteiger partial charge in [-0.15, -0.1) is 0 Å². The van der Waals surface area contributed by atoms with E-state index in [1.165, 1.54) is 12.0 Å². The average molecular weight is 241 g/mol. The second kappa shape index (κ2) is 6.08. The highest BCUT2D eigenvalue weighted by Crippen LogP contribution is 2.20. The van der Waals surface area contributed by atoms with Crippen molar-refractivity contribution in [2.24, 2.45) is 0 Å². The number of rotatable bonds is 5. The molecule has 0 aromatic carbocycles. The number of carbonyl (C=O) groups excluding carboxylic acids is 1. The first kappa shape index (κ1) is 15.2. The molecule has 96 valence electrons. The number of ether oxygens (including phenoxy) is 1. The third-order valence-corrected chi connectivity index (χ3v) is 2.28. The van der Waals surface area contributed by atoms with Gasteiger partial charge in [-0.05, 0) is 20.8 Å². The standard InChI is InChI=1S/C10H18F3NO2/c1-7(2)14(6-10(11,12)13)8(3)5-9(15)16-4/h7-8H,5-6H2,1-4H3. The van der Waals surface area contributed by atoms with Crippen LogP contribution < -0.4 is 0 Å². The van der Waals surface area contributed by atoms with Crippen molar-refractivity contribution in [3.05, 3.63) is 0 Å². The summed E-state index contributed by atoms with van der Waals surface area (Å²) in [5, 5.41) is 0. The van der Waals surface area contributed by atoms with E-state index >= 15 is 0 Å². The molecule has 0 aliphatic carbocycles. The van der Waals surface area contributed by atoms with Gasteiger partial charge in [-0.1, -0.05) is 0 Å². The Bertz CT molecular complexity index is 229. The van der Waals surface area contributed by atoms with Gasteiger partial charge in [0.15, 0.2) is 0 Å². The fourth-order valence-electron chi connectivity index (χ4n) is 1.50. The van der Waals surface area contributed by atoms with Crippen molar-refractivity contribution in [3.63, 3.8) is 0 Å². The van der Waals surface area contributed by atoms with Gasteiger partial charge in [0.1, 0.15) is 0 Å². The second-order valence-corrected chi connectivity index (χ2v) is 4.01. The maximum Gasteiger partial charge on any atom is 0.401 e. The summed E-state index contributed by atoms with van der Waals surface area (Å²) in [6, 6.07) is -0.768. The van der Waals surface area contributed by atoms with Crippen molar-refractivity contribution in [2.45, 2.75) is 45.5 Å². The Morgan fingerprint density at radius 1 is 1.31 bits per heavy atom. The molecule has 0 radical (unpaired) electrons. The number of carbonyl (C=O) groups is 1. The van der Waals surface area contributed by atoms with Gasteiger partial charge in [-0.3, -0.25) is 9.69 Å². The summed E-state index contributed by atoms with van der Waals surface area (Å²) < 4.78 is 41.3. The van der Waals surface area contributed by atoms with E-state index in [2.05, 4.69) is 4.74 Å². The van der Waals surface area contributed by atoms with E-state index in [4.69, 9.17) is 0 Å². The highest BCUT2D eigenvalue weighted by atomic mass is 19.4. The van der Waals surface area contributed by atoms with E-state index in [0.717, 1.165) is 0 Å². The molecule has 0 aromatic rings. The van der Waals surface area contributed by atoms with Crippen molar-refractivity contribution in [1.29, 1.82) is 0 Å². The summed E-state index contributed by atoms with van der Waals surface area (Å²) in [5.41, 5.74) is 0. The van der Waals surface area contributed by atoms with Crippen LogP contribution in [0.4, 0.5) is 13.2 Å². The number of alkyl halides is 3. The monoisotopic (exact) mass is 241 g/mol. The predicted molar refractivity (Wildman–Crippen MR) is 54.0 cm³/mol. The van der Waals surface area contributed by atoms with Crippen molar-refractivity contribution >= 4 is 5.97 Å². The summed E-state index contributed by atoms with van der Waals surface area (Å²) in [7, 11) is 1.22. The largest absolute Gasteiger partial charge is 0.469 e. The van der Waals surface area contributed by atoms with Gasteiger partial charge in [0.05, 0.1) is 20.1 Å². The molecule has 0 bridgehead atoms. The lowest BCUT2D eigenvalue weighted by atomic mass is 10.1. The van der Waals surface area contributed by atoms with Gasteiger partial charge in [0.2, 0.25) is 0 Å². The van der Waals surface area contributed by atoms with Crippen LogP contribution in [0.1, 0.15) is 27.2 Å². The maximum atomic E-state index is 12.3. The fourth-order valence-corrected chi connectivity index (χ4v) is 1.50. The van der Waals surface area contributed by atoms with Crippen molar-refractivity contribution in [3.8, 4) is 0 Å². The van der Waals surface area contributed by atoms with Gasteiger partial charge in [-0.25, -0.2) is 0 Å². The molecule has 0 aliphatic heterocycles. The van der Waals surface area contributed by atoms with E-state index in [0.29, 0.717) is 0 Å². The number of hydrogen-bond acceptors (Lipinski definition) is 3. The maximum absolute atomic E-state index is 12.3. The summed E-state index contributed by atoms with van der Waals surface area (Å²) in [6.07, 6.45) is -4.29. The minimum absolute atomic E-state index is 0.0369. The van der Waals surface area contributed by atoms with Crippen LogP contribution in [0, 0.1) is 0 Å². The van der Waals surface area contributed by atoms with E-state index in [9.17, 15) is 18.0 Å². The van der Waals surface area contributed by atoms with Crippen LogP contribution in [0.25, 0.3) is 0 Å². The highest BCUT2D eigenvalue weighted by molar-refractivity contribution is 5.69. The first-order chi connectivity index (χ1) is 7.17. The number of methoxy groups -OCH3 is 1. The van der Waals surface area contributed by atoms with E-state index in [-0.39, 0.29) is 12.5 Å². The topological polar surface area (TPSA) is 29.5 Å². The number of nitrogens with zero attached hydrogens (tertiary/aromatic N) is 1. The first-order valence-electron chi connectivity index (χ1n) is 5.06. The quantitative estimate of drug-likeness (QED) is 0.691. The van der Waals surface area contributed by atoms with Gasteiger partial charge in [0, 0.05) is 12.1 Å². The molecule has 0 aliphatic rings. The lowest BCUT2D eigenvalue weighted by Gasteiger charge is -2.32. The van der Waals surface area contributed by atoms with Crippen LogP contribution in [-0.4, -0.2) is 42.8 Å². The zero-order valence-electron chi connectivity index (χ0n) is 9.97. The Kier molecular flexibility index (Phi) is 5.78. The molecule has 16 heavy (non-hydrogen) atoms. The molecule has 1 atom stereocenters. The predicted octanol–water partition coefficient (Wildman–Crippen LogP) is 2.21. The van der Waals surface area contributed by atoms with E-state index in [1.807, 2.05) is 0 Å². The van der Waals surface area contributed by atoms with Crippen molar-refractivity contribution in [2.75, 3.05) is 13.7 Å². The molecule has 0 saturated carbocycles. The Morgan fingerprint density at radius 2 is 1.81 bits per heavy atom. The number of esters is 1. The van der Waals surface area contributed by atoms with Gasteiger partial charge in [-0.2, -0.15) is 13.2 Å². The zero-order chi connectivity index (χ0) is 12.9. The number of hydrogen-bond donors (Lipinski definition) is 0. The molecule has 6 heteroatoms. The molecule has 0 saturated heterocycles. The van der Waals surface area contributed by atoms with Gasteiger partial charge < -0.3 is 4.74 Å². The SMILES string of the molecule is COC(=O)CC(C)N(CC(F)(F)F)C(C)C. The van der Waals surface area contributed by atoms with Crippen LogP contribution in [0.2, 0.25) is 0 Å². The third-order valence-electron chi connectivity index (χ3n) is 2.28. The lowest BCUT2D eigenvalue weighted by Crippen LogP contribution is -2.45. The van der Waals surface area contributed by atoms with Gasteiger partial charge >= 0.3 is 12.1 Å². The van der Waals surface area contributed by atoms with Crippen LogP contribution in [-0.2, 0) is 9.53 Å². The first-order valence-corrected chi connectivity index (χ1v) is 5.06. The highest BCUT2D eigenvalue weighted by Gasteiger charge is 2.34. The normalized spacial score (nSPS) is 14.3. The Labute approximate surface area is 93.6 Å². The summed E-state index contributed by atoms with van der Waals surface area (Å²) in [4.78, 5) is 12.2. The molecule has 0 N–H and O–H groups in total. The minimum atomic E-state index is -4.26. The van der Waals surface area contributed by atoms with E-state index in [1.54, 1.807) is 20.8 Å². The minimum Gasteiger partial charge on any atom is -0.469 e. The van der Waals surface area contributed by atoms with Crippen LogP contribution in [0.15, 0.2) is 0 Å². The molecular formula is C10H18F3NO2.